The van der Waals surface area contributed by atoms with Crippen LogP contribution >= 0.6 is 0 Å². The summed E-state index contributed by atoms with van der Waals surface area (Å²) in [7, 11) is 0. The van der Waals surface area contributed by atoms with Gasteiger partial charge in [0.25, 0.3) is 5.56 Å². The number of aromatic amines is 1. The molecular weight excluding hydrogens is 310 g/mol. The van der Waals surface area contributed by atoms with Crippen LogP contribution in [0.5, 0.6) is 0 Å². The zero-order valence-corrected chi connectivity index (χ0v) is 14.1. The lowest BCUT2D eigenvalue weighted by molar-refractivity contribution is -0.154. The van der Waals surface area contributed by atoms with Gasteiger partial charge in [0.05, 0.1) is 10.9 Å². The van der Waals surface area contributed by atoms with Crippen LogP contribution in [0, 0.1) is 5.92 Å². The molecule has 128 valence electrons. The van der Waals surface area contributed by atoms with Gasteiger partial charge in [0.15, 0.2) is 11.9 Å². The van der Waals surface area contributed by atoms with E-state index in [2.05, 4.69) is 15.3 Å². The van der Waals surface area contributed by atoms with E-state index >= 15 is 0 Å². The van der Waals surface area contributed by atoms with Gasteiger partial charge in [0, 0.05) is 6.92 Å². The Hall–Kier alpha value is -2.70. The van der Waals surface area contributed by atoms with Gasteiger partial charge in [-0.25, -0.2) is 9.78 Å². The van der Waals surface area contributed by atoms with E-state index in [0.717, 1.165) is 0 Å². The number of hydrogen-bond donors (Lipinski definition) is 2. The van der Waals surface area contributed by atoms with Gasteiger partial charge in [0.1, 0.15) is 6.04 Å². The second kappa shape index (κ2) is 7.25. The number of amides is 1. The van der Waals surface area contributed by atoms with E-state index in [1.165, 1.54) is 6.92 Å². The average Bonchev–Trinajstić information content (AvgIpc) is 2.52. The van der Waals surface area contributed by atoms with E-state index in [-0.39, 0.29) is 23.2 Å². The number of nitrogens with zero attached hydrogens (tertiary/aromatic N) is 1. The van der Waals surface area contributed by atoms with Crippen molar-refractivity contribution in [2.75, 3.05) is 0 Å². The van der Waals surface area contributed by atoms with Crippen molar-refractivity contribution in [1.29, 1.82) is 0 Å². The fourth-order valence-corrected chi connectivity index (χ4v) is 2.32. The lowest BCUT2D eigenvalue weighted by atomic mass is 10.0. The highest BCUT2D eigenvalue weighted by atomic mass is 16.5. The monoisotopic (exact) mass is 331 g/mol. The molecule has 1 aromatic carbocycles. The maximum Gasteiger partial charge on any atom is 0.329 e. The molecule has 2 N–H and O–H groups in total. The molecule has 0 aliphatic heterocycles. The number of nitrogens with one attached hydrogen (secondary N) is 2. The standard InChI is InChI=1S/C17H21N3O4/c1-9(2)14(18-11(4)21)17(23)24-10(3)15-19-13-8-6-5-7-12(13)16(22)20-15/h5-10,14H,1-4H3,(H,18,21)(H,19,20,22)/t10-,14-/m0/s1. The number of rotatable bonds is 5. The van der Waals surface area contributed by atoms with Gasteiger partial charge >= 0.3 is 5.97 Å². The van der Waals surface area contributed by atoms with E-state index in [1.807, 2.05) is 13.8 Å². The highest BCUT2D eigenvalue weighted by Gasteiger charge is 2.27. The first-order valence-electron chi connectivity index (χ1n) is 7.76. The van der Waals surface area contributed by atoms with Crippen LogP contribution in [-0.4, -0.2) is 27.9 Å². The topological polar surface area (TPSA) is 101 Å². The summed E-state index contributed by atoms with van der Waals surface area (Å²) < 4.78 is 5.38. The highest BCUT2D eigenvalue weighted by molar-refractivity contribution is 5.83. The summed E-state index contributed by atoms with van der Waals surface area (Å²) >= 11 is 0. The van der Waals surface area contributed by atoms with Gasteiger partial charge in [-0.3, -0.25) is 9.59 Å². The van der Waals surface area contributed by atoms with Crippen LogP contribution in [0.1, 0.15) is 39.6 Å². The first-order valence-corrected chi connectivity index (χ1v) is 7.76. The minimum Gasteiger partial charge on any atom is -0.453 e. The quantitative estimate of drug-likeness (QED) is 0.812. The Morgan fingerprint density at radius 3 is 2.50 bits per heavy atom. The molecule has 0 radical (unpaired) electrons. The summed E-state index contributed by atoms with van der Waals surface area (Å²) in [6.45, 7) is 6.58. The van der Waals surface area contributed by atoms with Gasteiger partial charge < -0.3 is 15.0 Å². The predicted octanol–water partition coefficient (Wildman–Crippen LogP) is 1.69. The number of ether oxygens (including phenoxy) is 1. The molecule has 0 saturated heterocycles. The summed E-state index contributed by atoms with van der Waals surface area (Å²) in [5.41, 5.74) is 0.238. The van der Waals surface area contributed by atoms with Crippen LogP contribution in [0.2, 0.25) is 0 Å². The van der Waals surface area contributed by atoms with Gasteiger partial charge in [-0.05, 0) is 25.0 Å². The molecule has 2 rings (SSSR count). The van der Waals surface area contributed by atoms with Gasteiger partial charge in [-0.1, -0.05) is 26.0 Å². The Morgan fingerprint density at radius 2 is 1.88 bits per heavy atom. The van der Waals surface area contributed by atoms with Crippen LogP contribution < -0.4 is 10.9 Å². The summed E-state index contributed by atoms with van der Waals surface area (Å²) in [5, 5.41) is 3.04. The summed E-state index contributed by atoms with van der Waals surface area (Å²) in [6.07, 6.45) is -0.746. The number of esters is 1. The lowest BCUT2D eigenvalue weighted by Gasteiger charge is -2.22. The third-order valence-electron chi connectivity index (χ3n) is 3.59. The molecule has 0 fully saturated rings. The number of fused-ring (bicyclic) bond motifs is 1. The molecule has 0 aliphatic rings. The van der Waals surface area contributed by atoms with Crippen LogP contribution in [0.4, 0.5) is 0 Å². The molecule has 0 saturated carbocycles. The lowest BCUT2D eigenvalue weighted by Crippen LogP contribution is -2.44. The summed E-state index contributed by atoms with van der Waals surface area (Å²) in [5.74, 6) is -0.742. The molecule has 7 nitrogen and oxygen atoms in total. The van der Waals surface area contributed by atoms with Gasteiger partial charge in [-0.15, -0.1) is 0 Å². The summed E-state index contributed by atoms with van der Waals surface area (Å²) in [6, 6.07) is 6.17. The van der Waals surface area contributed by atoms with Crippen LogP contribution in [0.3, 0.4) is 0 Å². The second-order valence-electron chi connectivity index (χ2n) is 5.97. The SMILES string of the molecule is CC(=O)N[C@H](C(=O)O[C@@H](C)c1nc2ccccc2c(=O)[nH]1)C(C)C. The maximum absolute atomic E-state index is 12.3. The maximum atomic E-state index is 12.3. The molecule has 1 amide bonds. The molecule has 0 aliphatic carbocycles. The van der Waals surface area contributed by atoms with Crippen LogP contribution in [-0.2, 0) is 14.3 Å². The van der Waals surface area contributed by atoms with Crippen molar-refractivity contribution in [2.45, 2.75) is 39.8 Å². The fraction of sp³-hybridized carbons (Fsp3) is 0.412. The number of aromatic nitrogens is 2. The Morgan fingerprint density at radius 1 is 1.21 bits per heavy atom. The molecule has 0 unspecified atom stereocenters. The molecule has 2 atom stereocenters. The first kappa shape index (κ1) is 17.7. The zero-order chi connectivity index (χ0) is 17.9. The number of hydrogen-bond acceptors (Lipinski definition) is 5. The van der Waals surface area contributed by atoms with E-state index in [0.29, 0.717) is 10.9 Å². The van der Waals surface area contributed by atoms with E-state index in [4.69, 9.17) is 4.74 Å². The zero-order valence-electron chi connectivity index (χ0n) is 14.1. The Labute approximate surface area is 139 Å². The predicted molar refractivity (Wildman–Crippen MR) is 89.3 cm³/mol. The van der Waals surface area contributed by atoms with Crippen molar-refractivity contribution >= 4 is 22.8 Å². The van der Waals surface area contributed by atoms with Gasteiger partial charge in [0.2, 0.25) is 5.91 Å². The second-order valence-corrected chi connectivity index (χ2v) is 5.97. The third kappa shape index (κ3) is 3.98. The molecule has 2 aromatic rings. The Bertz CT molecular complexity index is 813. The van der Waals surface area contributed by atoms with E-state index in [9.17, 15) is 14.4 Å². The van der Waals surface area contributed by atoms with Crippen molar-refractivity contribution in [1.82, 2.24) is 15.3 Å². The fourth-order valence-electron chi connectivity index (χ4n) is 2.32. The minimum atomic E-state index is -0.753. The number of carbonyl (C=O) groups excluding carboxylic acids is 2. The Balaban J connectivity index is 2.22. The number of para-hydroxylation sites is 1. The highest BCUT2D eigenvalue weighted by Crippen LogP contribution is 2.16. The Kier molecular flexibility index (Phi) is 5.33. The smallest absolute Gasteiger partial charge is 0.329 e. The molecule has 24 heavy (non-hydrogen) atoms. The molecule has 0 bridgehead atoms. The first-order chi connectivity index (χ1) is 11.3. The number of benzene rings is 1. The third-order valence-corrected chi connectivity index (χ3v) is 3.59. The van der Waals surface area contributed by atoms with Gasteiger partial charge in [-0.2, -0.15) is 0 Å². The minimum absolute atomic E-state index is 0.128. The number of H-pyrrole nitrogens is 1. The molecular formula is C17H21N3O4. The average molecular weight is 331 g/mol. The van der Waals surface area contributed by atoms with Crippen molar-refractivity contribution in [2.24, 2.45) is 5.92 Å². The number of carbonyl (C=O) groups is 2. The molecule has 0 spiro atoms. The largest absolute Gasteiger partial charge is 0.453 e. The van der Waals surface area contributed by atoms with Crippen molar-refractivity contribution < 1.29 is 14.3 Å². The van der Waals surface area contributed by atoms with Crippen LogP contribution in [0.25, 0.3) is 10.9 Å². The van der Waals surface area contributed by atoms with E-state index < -0.39 is 18.1 Å². The summed E-state index contributed by atoms with van der Waals surface area (Å²) in [4.78, 5) is 42.6. The van der Waals surface area contributed by atoms with Crippen molar-refractivity contribution in [3.63, 3.8) is 0 Å². The van der Waals surface area contributed by atoms with Crippen LogP contribution in [0.15, 0.2) is 29.1 Å². The van der Waals surface area contributed by atoms with E-state index in [1.54, 1.807) is 31.2 Å². The molecule has 7 heteroatoms. The van der Waals surface area contributed by atoms with Crippen molar-refractivity contribution in [3.8, 4) is 0 Å². The van der Waals surface area contributed by atoms with Crippen molar-refractivity contribution in [3.05, 3.63) is 40.4 Å². The molecule has 1 heterocycles. The normalized spacial score (nSPS) is 13.5. The molecule has 1 aromatic heterocycles.